The van der Waals surface area contributed by atoms with Crippen molar-refractivity contribution in [2.45, 2.75) is 0 Å². The smallest absolute Gasteiger partial charge is 0.394 e. The third kappa shape index (κ3) is 10.5. The fourth-order valence-corrected chi connectivity index (χ4v) is 0.879. The Balaban J connectivity index is 0. The summed E-state index contributed by atoms with van der Waals surface area (Å²) in [4.78, 5) is 0. The first-order valence-corrected chi connectivity index (χ1v) is 5.75. The van der Waals surface area contributed by atoms with E-state index in [1.165, 1.54) is 0 Å². The predicted molar refractivity (Wildman–Crippen MR) is 52.2 cm³/mol. The van der Waals surface area contributed by atoms with Crippen LogP contribution < -0.4 is 0 Å². The maximum atomic E-state index is 8.74. The zero-order chi connectivity index (χ0) is 11.8. The first-order valence-electron chi connectivity index (χ1n) is 3.28. The summed E-state index contributed by atoms with van der Waals surface area (Å²) in [6.45, 7) is -0.340. The highest BCUT2D eigenvalue weighted by molar-refractivity contribution is 7.79. The summed E-state index contributed by atoms with van der Waals surface area (Å²) in [5.41, 5.74) is -0.691. The molecule has 0 saturated carbocycles. The van der Waals surface area contributed by atoms with Crippen LogP contribution >= 0.6 is 23.2 Å². The highest BCUT2D eigenvalue weighted by atomic mass is 35.5. The molecule has 88 valence electrons. The van der Waals surface area contributed by atoms with Crippen molar-refractivity contribution in [1.29, 1.82) is 0 Å². The van der Waals surface area contributed by atoms with Gasteiger partial charge in [0.2, 0.25) is 0 Å². The van der Waals surface area contributed by atoms with Crippen molar-refractivity contribution in [2.75, 3.05) is 25.0 Å². The summed E-state index contributed by atoms with van der Waals surface area (Å²) in [7, 11) is -4.67. The van der Waals surface area contributed by atoms with Crippen molar-refractivity contribution in [3.05, 3.63) is 0 Å². The Morgan fingerprint density at radius 3 is 1.21 bits per heavy atom. The largest absolute Gasteiger partial charge is 0.396 e. The molecule has 0 unspecified atom stereocenters. The Labute approximate surface area is 92.0 Å². The van der Waals surface area contributed by atoms with Crippen LogP contribution in [0.5, 0.6) is 0 Å². The lowest BCUT2D eigenvalue weighted by atomic mass is 9.96. The maximum Gasteiger partial charge on any atom is 0.394 e. The minimum atomic E-state index is -4.67. The van der Waals surface area contributed by atoms with Crippen LogP contribution in [0.4, 0.5) is 0 Å². The van der Waals surface area contributed by atoms with Gasteiger partial charge in [0.15, 0.2) is 0 Å². The molecule has 0 saturated heterocycles. The van der Waals surface area contributed by atoms with Crippen LogP contribution in [-0.4, -0.2) is 52.7 Å². The molecule has 0 aromatic rings. The highest BCUT2D eigenvalue weighted by Crippen LogP contribution is 2.18. The molecule has 0 aliphatic heterocycles. The molecule has 4 N–H and O–H groups in total. The Kier molecular flexibility index (Phi) is 9.15. The Hall–Kier alpha value is 0.370. The van der Waals surface area contributed by atoms with Crippen LogP contribution in [0.3, 0.4) is 0 Å². The minimum Gasteiger partial charge on any atom is -0.396 e. The summed E-state index contributed by atoms with van der Waals surface area (Å²) in [6, 6.07) is 0. The lowest BCUT2D eigenvalue weighted by Gasteiger charge is -2.23. The van der Waals surface area contributed by atoms with Gasteiger partial charge in [-0.1, -0.05) is 0 Å². The van der Waals surface area contributed by atoms with E-state index < -0.39 is 15.8 Å². The third-order valence-corrected chi connectivity index (χ3v) is 2.37. The van der Waals surface area contributed by atoms with Gasteiger partial charge in [0.05, 0.1) is 13.2 Å². The molecule has 0 aromatic heterocycles. The molecule has 0 rings (SSSR count). The molecule has 0 atom stereocenters. The first-order chi connectivity index (χ1) is 6.24. The average molecular weight is 271 g/mol. The Morgan fingerprint density at radius 2 is 1.21 bits per heavy atom. The zero-order valence-corrected chi connectivity index (χ0v) is 9.43. The van der Waals surface area contributed by atoms with E-state index in [1.807, 2.05) is 0 Å². The molecule has 0 spiro atoms. The van der Waals surface area contributed by atoms with E-state index in [9.17, 15) is 0 Å². The normalized spacial score (nSPS) is 11.9. The second-order valence-electron chi connectivity index (χ2n) is 2.53. The Morgan fingerprint density at radius 1 is 1.00 bits per heavy atom. The van der Waals surface area contributed by atoms with Crippen LogP contribution in [0.15, 0.2) is 0 Å². The van der Waals surface area contributed by atoms with Crippen LogP contribution in [-0.2, 0) is 10.4 Å². The van der Waals surface area contributed by atoms with E-state index >= 15 is 0 Å². The minimum absolute atomic E-state index is 0.170. The second kappa shape index (κ2) is 7.63. The monoisotopic (exact) mass is 270 g/mol. The predicted octanol–water partition coefficient (Wildman–Crippen LogP) is -0.218. The second-order valence-corrected chi connectivity index (χ2v) is 3.96. The van der Waals surface area contributed by atoms with Crippen molar-refractivity contribution >= 4 is 33.6 Å². The summed E-state index contributed by atoms with van der Waals surface area (Å²) < 4.78 is 31.6. The van der Waals surface area contributed by atoms with Gasteiger partial charge < -0.3 is 10.2 Å². The van der Waals surface area contributed by atoms with Gasteiger partial charge in [-0.3, -0.25) is 9.11 Å². The van der Waals surface area contributed by atoms with E-state index in [4.69, 9.17) is 50.9 Å². The number of alkyl halides is 2. The van der Waals surface area contributed by atoms with Gasteiger partial charge in [-0.15, -0.1) is 23.2 Å². The zero-order valence-electron chi connectivity index (χ0n) is 7.10. The summed E-state index contributed by atoms with van der Waals surface area (Å²) in [5, 5.41) is 17.3. The van der Waals surface area contributed by atoms with Crippen LogP contribution in [0.25, 0.3) is 0 Å². The van der Waals surface area contributed by atoms with Gasteiger partial charge in [-0.25, -0.2) is 0 Å². The SMILES string of the molecule is O=S(=O)(O)O.OCC(CO)(CCl)CCl. The lowest BCUT2D eigenvalue weighted by Crippen LogP contribution is -2.33. The molecule has 0 radical (unpaired) electrons. The van der Waals surface area contributed by atoms with Crippen molar-refractivity contribution in [3.63, 3.8) is 0 Å². The van der Waals surface area contributed by atoms with Crippen LogP contribution in [0, 0.1) is 5.41 Å². The van der Waals surface area contributed by atoms with E-state index in [1.54, 1.807) is 0 Å². The molecule has 9 heteroatoms. The number of aliphatic hydroxyl groups excluding tert-OH is 2. The number of halogens is 2. The molecule has 0 aromatic carbocycles. The fourth-order valence-electron chi connectivity index (χ4n) is 0.255. The van der Waals surface area contributed by atoms with Crippen molar-refractivity contribution < 1.29 is 27.7 Å². The topological polar surface area (TPSA) is 115 Å². The molecule has 0 heterocycles. The average Bonchev–Trinajstić information content (AvgIpc) is 2.07. The third-order valence-electron chi connectivity index (χ3n) is 1.24. The fraction of sp³-hybridized carbons (Fsp3) is 1.00. The van der Waals surface area contributed by atoms with Gasteiger partial charge in [0.1, 0.15) is 0 Å². The standard InChI is InChI=1S/C5H10Cl2O2.H2O4S/c6-1-5(2-7,3-8)4-9;1-5(2,3)4/h8-9H,1-4H2;(H2,1,2,3,4). The highest BCUT2D eigenvalue weighted by Gasteiger charge is 2.26. The number of aliphatic hydroxyl groups is 2. The van der Waals surface area contributed by atoms with Gasteiger partial charge in [-0.2, -0.15) is 8.42 Å². The number of hydrogen-bond acceptors (Lipinski definition) is 4. The van der Waals surface area contributed by atoms with Crippen molar-refractivity contribution in [2.24, 2.45) is 5.41 Å². The lowest BCUT2D eigenvalue weighted by molar-refractivity contribution is 0.0912. The molecular formula is C5H12Cl2O6S. The number of rotatable bonds is 4. The first kappa shape index (κ1) is 16.8. The van der Waals surface area contributed by atoms with E-state index in [0.717, 1.165) is 0 Å². The Bertz CT molecular complexity index is 199. The maximum absolute atomic E-state index is 8.74. The summed E-state index contributed by atoms with van der Waals surface area (Å²) >= 11 is 10.8. The van der Waals surface area contributed by atoms with Gasteiger partial charge in [0, 0.05) is 17.2 Å². The molecule has 14 heavy (non-hydrogen) atoms. The van der Waals surface area contributed by atoms with Crippen molar-refractivity contribution in [1.82, 2.24) is 0 Å². The molecule has 0 fully saturated rings. The molecular weight excluding hydrogens is 259 g/mol. The summed E-state index contributed by atoms with van der Waals surface area (Å²) in [6.07, 6.45) is 0. The van der Waals surface area contributed by atoms with Crippen molar-refractivity contribution in [3.8, 4) is 0 Å². The number of hydrogen-bond donors (Lipinski definition) is 4. The molecule has 0 aliphatic carbocycles. The molecule has 0 bridgehead atoms. The van der Waals surface area contributed by atoms with Crippen LogP contribution in [0.1, 0.15) is 0 Å². The van der Waals surface area contributed by atoms with Crippen LogP contribution in [0.2, 0.25) is 0 Å². The van der Waals surface area contributed by atoms with Gasteiger partial charge in [0.25, 0.3) is 0 Å². The molecule has 0 amide bonds. The van der Waals surface area contributed by atoms with E-state index in [0.29, 0.717) is 0 Å². The molecule has 0 aliphatic rings. The quantitative estimate of drug-likeness (QED) is 0.415. The summed E-state index contributed by atoms with van der Waals surface area (Å²) in [5.74, 6) is 0.368. The van der Waals surface area contributed by atoms with Gasteiger partial charge in [-0.05, 0) is 0 Å². The van der Waals surface area contributed by atoms with E-state index in [2.05, 4.69) is 0 Å². The van der Waals surface area contributed by atoms with Gasteiger partial charge >= 0.3 is 10.4 Å². The molecule has 6 nitrogen and oxygen atoms in total. The van der Waals surface area contributed by atoms with E-state index in [-0.39, 0.29) is 25.0 Å².